The summed E-state index contributed by atoms with van der Waals surface area (Å²) >= 11 is 0. The second-order valence-corrected chi connectivity index (χ2v) is 11.9. The number of aromatic nitrogens is 2. The first-order valence-electron chi connectivity index (χ1n) is 15.9. The summed E-state index contributed by atoms with van der Waals surface area (Å²) in [5, 5.41) is 14.9. The van der Waals surface area contributed by atoms with E-state index >= 15 is 0 Å². The number of para-hydroxylation sites is 5. The summed E-state index contributed by atoms with van der Waals surface area (Å²) < 4.78 is 4.51. The lowest BCUT2D eigenvalue weighted by molar-refractivity contribution is 1.18. The van der Waals surface area contributed by atoms with Gasteiger partial charge in [0.1, 0.15) is 0 Å². The van der Waals surface area contributed by atoms with Crippen LogP contribution in [0.1, 0.15) is 5.56 Å². The fourth-order valence-corrected chi connectivity index (χ4v) is 7.29. The zero-order valence-electron chi connectivity index (χ0n) is 25.8. The van der Waals surface area contributed by atoms with Gasteiger partial charge in [-0.25, -0.2) is 4.85 Å². The molecule has 9 rings (SSSR count). The molecule has 0 radical (unpaired) electrons. The lowest BCUT2D eigenvalue weighted by Gasteiger charge is -2.17. The molecule has 0 atom stereocenters. The molecule has 0 aliphatic carbocycles. The van der Waals surface area contributed by atoms with Crippen molar-refractivity contribution in [2.75, 3.05) is 0 Å². The van der Waals surface area contributed by atoms with Crippen LogP contribution in [0, 0.1) is 17.9 Å². The monoisotopic (exact) mass is 610 g/mol. The molecule has 0 spiro atoms. The van der Waals surface area contributed by atoms with Crippen molar-refractivity contribution in [2.45, 2.75) is 0 Å². The van der Waals surface area contributed by atoms with Crippen LogP contribution in [0.2, 0.25) is 0 Å². The Morgan fingerprint density at radius 1 is 0.479 bits per heavy atom. The van der Waals surface area contributed by atoms with E-state index in [9.17, 15) is 5.26 Å². The van der Waals surface area contributed by atoms with Gasteiger partial charge in [-0.05, 0) is 65.2 Å². The van der Waals surface area contributed by atoms with E-state index in [0.717, 1.165) is 66.5 Å². The fourth-order valence-electron chi connectivity index (χ4n) is 7.29. The summed E-state index contributed by atoms with van der Waals surface area (Å²) in [7, 11) is 0. The Labute approximate surface area is 277 Å². The Kier molecular flexibility index (Phi) is 6.22. The maximum atomic E-state index is 10.2. The van der Waals surface area contributed by atoms with Crippen molar-refractivity contribution in [3.8, 4) is 39.7 Å². The van der Waals surface area contributed by atoms with E-state index in [-0.39, 0.29) is 0 Å². The predicted octanol–water partition coefficient (Wildman–Crippen LogP) is 11.6. The molecule has 0 N–H and O–H groups in total. The Hall–Kier alpha value is -6.88. The fraction of sp³-hybridized carbons (Fsp3) is 0. The van der Waals surface area contributed by atoms with Crippen LogP contribution in [0.5, 0.6) is 0 Å². The maximum absolute atomic E-state index is 10.2. The van der Waals surface area contributed by atoms with E-state index in [1.54, 1.807) is 0 Å². The predicted molar refractivity (Wildman–Crippen MR) is 197 cm³/mol. The standard InChI is InChI=1S/C44H26N4/c1-46-39-16-10-15-33(44(39)48-42-19-8-4-13-36(42)37-14-5-9-20-43(37)48)30-21-22-31(28-45)38(27-30)29-23-25-32(26-24-29)47-40-17-6-2-11-34(40)35-12-3-7-18-41(35)47/h2-27H. The lowest BCUT2D eigenvalue weighted by Crippen LogP contribution is -1.98. The van der Waals surface area contributed by atoms with Crippen molar-refractivity contribution in [1.82, 2.24) is 9.13 Å². The van der Waals surface area contributed by atoms with Crippen LogP contribution < -0.4 is 0 Å². The molecule has 0 saturated heterocycles. The molecule has 4 heteroatoms. The second kappa shape index (κ2) is 10.9. The van der Waals surface area contributed by atoms with Crippen molar-refractivity contribution in [2.24, 2.45) is 0 Å². The summed E-state index contributed by atoms with van der Waals surface area (Å²) in [6.45, 7) is 8.15. The third kappa shape index (κ3) is 4.07. The molecule has 0 aliphatic heterocycles. The van der Waals surface area contributed by atoms with Crippen LogP contribution in [0.15, 0.2) is 158 Å². The summed E-state index contributed by atoms with van der Waals surface area (Å²) in [5.41, 5.74) is 11.2. The van der Waals surface area contributed by atoms with E-state index in [0.29, 0.717) is 11.3 Å². The van der Waals surface area contributed by atoms with E-state index in [1.165, 1.54) is 10.8 Å². The van der Waals surface area contributed by atoms with Crippen LogP contribution in [0.25, 0.3) is 82.1 Å². The molecule has 0 unspecified atom stereocenters. The van der Waals surface area contributed by atoms with Crippen LogP contribution in [-0.4, -0.2) is 9.13 Å². The Bertz CT molecular complexity index is 2690. The maximum Gasteiger partial charge on any atom is 0.211 e. The molecule has 48 heavy (non-hydrogen) atoms. The molecule has 0 fully saturated rings. The van der Waals surface area contributed by atoms with Gasteiger partial charge in [0, 0.05) is 32.8 Å². The minimum absolute atomic E-state index is 0.570. The highest BCUT2D eigenvalue weighted by Crippen LogP contribution is 2.42. The molecule has 0 amide bonds. The highest BCUT2D eigenvalue weighted by Gasteiger charge is 2.20. The van der Waals surface area contributed by atoms with Gasteiger partial charge >= 0.3 is 0 Å². The highest BCUT2D eigenvalue weighted by atomic mass is 15.0. The number of rotatable bonds is 4. The lowest BCUT2D eigenvalue weighted by atomic mass is 9.93. The van der Waals surface area contributed by atoms with Gasteiger partial charge in [0.05, 0.1) is 46.0 Å². The smallest absolute Gasteiger partial charge is 0.211 e. The molecule has 7 aromatic carbocycles. The average molecular weight is 611 g/mol. The van der Waals surface area contributed by atoms with E-state index in [4.69, 9.17) is 6.57 Å². The van der Waals surface area contributed by atoms with Gasteiger partial charge in [-0.1, -0.05) is 109 Å². The molecule has 9 aromatic rings. The van der Waals surface area contributed by atoms with Gasteiger partial charge in [0.25, 0.3) is 0 Å². The molecule has 222 valence electrons. The number of nitrogens with zero attached hydrogens (tertiary/aromatic N) is 4. The SMILES string of the molecule is [C-]#[N+]c1cccc(-c2ccc(C#N)c(-c3ccc(-n4c5ccccc5c5ccccc54)cc3)c2)c1-n1c2ccccc2c2ccccc21. The minimum atomic E-state index is 0.570. The summed E-state index contributed by atoms with van der Waals surface area (Å²) in [6.07, 6.45) is 0. The van der Waals surface area contributed by atoms with Gasteiger partial charge in [0.2, 0.25) is 5.69 Å². The summed E-state index contributed by atoms with van der Waals surface area (Å²) in [4.78, 5) is 3.99. The molecule has 0 aliphatic rings. The zero-order chi connectivity index (χ0) is 32.2. The van der Waals surface area contributed by atoms with Crippen LogP contribution in [-0.2, 0) is 0 Å². The van der Waals surface area contributed by atoms with Crippen molar-refractivity contribution in [1.29, 1.82) is 5.26 Å². The minimum Gasteiger partial charge on any atom is -0.318 e. The molecule has 2 heterocycles. The summed E-state index contributed by atoms with van der Waals surface area (Å²) in [6, 6.07) is 56.4. The molecule has 4 nitrogen and oxygen atoms in total. The van der Waals surface area contributed by atoms with Gasteiger partial charge < -0.3 is 9.13 Å². The number of hydrogen-bond donors (Lipinski definition) is 0. The molecule has 0 bridgehead atoms. The van der Waals surface area contributed by atoms with Crippen LogP contribution in [0.4, 0.5) is 5.69 Å². The number of nitriles is 1. The third-order valence-corrected chi connectivity index (χ3v) is 9.41. The average Bonchev–Trinajstić information content (AvgIpc) is 3.67. The van der Waals surface area contributed by atoms with Gasteiger partial charge in [-0.15, -0.1) is 0 Å². The molecular weight excluding hydrogens is 585 g/mol. The van der Waals surface area contributed by atoms with Crippen molar-refractivity contribution >= 4 is 49.3 Å². The van der Waals surface area contributed by atoms with Crippen molar-refractivity contribution < 1.29 is 0 Å². The van der Waals surface area contributed by atoms with Crippen LogP contribution >= 0.6 is 0 Å². The van der Waals surface area contributed by atoms with E-state index < -0.39 is 0 Å². The third-order valence-electron chi connectivity index (χ3n) is 9.41. The molecule has 2 aromatic heterocycles. The van der Waals surface area contributed by atoms with Crippen LogP contribution in [0.3, 0.4) is 0 Å². The molecular formula is C44H26N4. The quantitative estimate of drug-likeness (QED) is 0.183. The Morgan fingerprint density at radius 2 is 0.979 bits per heavy atom. The largest absolute Gasteiger partial charge is 0.318 e. The second-order valence-electron chi connectivity index (χ2n) is 11.9. The van der Waals surface area contributed by atoms with Crippen molar-refractivity contribution in [3.63, 3.8) is 0 Å². The first kappa shape index (κ1) is 27.4. The number of hydrogen-bond acceptors (Lipinski definition) is 1. The highest BCUT2D eigenvalue weighted by molar-refractivity contribution is 6.11. The number of fused-ring (bicyclic) bond motifs is 6. The summed E-state index contributed by atoms with van der Waals surface area (Å²) in [5.74, 6) is 0. The van der Waals surface area contributed by atoms with Gasteiger partial charge in [-0.3, -0.25) is 0 Å². The first-order chi connectivity index (χ1) is 23.7. The van der Waals surface area contributed by atoms with Gasteiger partial charge in [-0.2, -0.15) is 5.26 Å². The Morgan fingerprint density at radius 3 is 1.50 bits per heavy atom. The van der Waals surface area contributed by atoms with Gasteiger partial charge in [0.15, 0.2) is 0 Å². The normalized spacial score (nSPS) is 11.3. The van der Waals surface area contributed by atoms with E-state index in [1.807, 2.05) is 36.4 Å². The van der Waals surface area contributed by atoms with Crippen molar-refractivity contribution in [3.05, 3.63) is 175 Å². The first-order valence-corrected chi connectivity index (χ1v) is 15.9. The molecule has 0 saturated carbocycles. The number of benzene rings is 7. The zero-order valence-corrected chi connectivity index (χ0v) is 25.8. The Balaban J connectivity index is 1.22. The topological polar surface area (TPSA) is 38.0 Å². The van der Waals surface area contributed by atoms with E-state index in [2.05, 4.69) is 141 Å².